The molecule has 0 rings (SSSR count). The number of halogens is 3. The first kappa shape index (κ1) is 17.2. The minimum Gasteiger partial charge on any atom is -0.372 e. The number of hydrogen-bond acceptors (Lipinski definition) is 3. The minimum atomic E-state index is -4.36. The Balaban J connectivity index is 3.97. The molecule has 0 spiro atoms. The van der Waals surface area contributed by atoms with Crippen LogP contribution in [0.3, 0.4) is 0 Å². The third kappa shape index (κ3) is 6.80. The monoisotopic (exact) mass is 270 g/mol. The summed E-state index contributed by atoms with van der Waals surface area (Å²) in [5, 5.41) is 2.75. The minimum absolute atomic E-state index is 0.0994. The molecule has 0 heterocycles. The van der Waals surface area contributed by atoms with Crippen molar-refractivity contribution in [1.82, 2.24) is 5.32 Å². The van der Waals surface area contributed by atoms with E-state index >= 15 is 0 Å². The van der Waals surface area contributed by atoms with E-state index in [-0.39, 0.29) is 18.9 Å². The first-order valence-electron chi connectivity index (χ1n) is 5.94. The molecule has 0 radical (unpaired) electrons. The molecule has 18 heavy (non-hydrogen) atoms. The summed E-state index contributed by atoms with van der Waals surface area (Å²) >= 11 is 0. The summed E-state index contributed by atoms with van der Waals surface area (Å²) < 4.78 is 39.7. The molecule has 0 atom stereocenters. The summed E-state index contributed by atoms with van der Waals surface area (Å²) in [6, 6.07) is 0. The van der Waals surface area contributed by atoms with Crippen LogP contribution in [0, 0.1) is 0 Å². The van der Waals surface area contributed by atoms with E-state index in [1.807, 2.05) is 13.8 Å². The molecule has 0 aliphatic rings. The van der Waals surface area contributed by atoms with Crippen molar-refractivity contribution in [3.05, 3.63) is 0 Å². The highest BCUT2D eigenvalue weighted by atomic mass is 19.4. The second-order valence-electron chi connectivity index (χ2n) is 4.16. The van der Waals surface area contributed by atoms with Crippen molar-refractivity contribution in [3.8, 4) is 0 Å². The maximum Gasteiger partial charge on any atom is 0.411 e. The Bertz CT molecular complexity index is 245. The number of nitrogens with one attached hydrogen (secondary N) is 1. The lowest BCUT2D eigenvalue weighted by atomic mass is 9.93. The highest BCUT2D eigenvalue weighted by molar-refractivity contribution is 5.76. The smallest absolute Gasteiger partial charge is 0.372 e. The Hall–Kier alpha value is -0.820. The Morgan fingerprint density at radius 2 is 1.83 bits per heavy atom. The van der Waals surface area contributed by atoms with Crippen molar-refractivity contribution >= 4 is 5.91 Å². The molecule has 0 aliphatic heterocycles. The number of hydrogen-bond donors (Lipinski definition) is 2. The van der Waals surface area contributed by atoms with Gasteiger partial charge in [-0.05, 0) is 12.8 Å². The zero-order valence-electron chi connectivity index (χ0n) is 10.8. The van der Waals surface area contributed by atoms with Crippen LogP contribution in [-0.4, -0.2) is 37.4 Å². The fourth-order valence-corrected chi connectivity index (χ4v) is 1.48. The summed E-state index contributed by atoms with van der Waals surface area (Å²) in [5.74, 6) is -0.341. The molecule has 108 valence electrons. The third-order valence-electron chi connectivity index (χ3n) is 2.89. The summed E-state index contributed by atoms with van der Waals surface area (Å²) in [7, 11) is 0. The molecule has 7 heteroatoms. The highest BCUT2D eigenvalue weighted by Gasteiger charge is 2.28. The van der Waals surface area contributed by atoms with Gasteiger partial charge < -0.3 is 15.8 Å². The maximum atomic E-state index is 11.8. The molecule has 0 saturated heterocycles. The van der Waals surface area contributed by atoms with E-state index < -0.39 is 18.3 Å². The SMILES string of the molecule is CCC(CC)(CN)NC(=O)CCOCC(F)(F)F. The average molecular weight is 270 g/mol. The second-order valence-corrected chi connectivity index (χ2v) is 4.16. The molecule has 0 saturated carbocycles. The van der Waals surface area contributed by atoms with Crippen molar-refractivity contribution < 1.29 is 22.7 Å². The number of ether oxygens (including phenoxy) is 1. The zero-order valence-corrected chi connectivity index (χ0v) is 10.8. The Kier molecular flexibility index (Phi) is 7.23. The van der Waals surface area contributed by atoms with Gasteiger partial charge in [0, 0.05) is 13.0 Å². The Morgan fingerprint density at radius 3 is 2.22 bits per heavy atom. The first-order valence-corrected chi connectivity index (χ1v) is 5.94. The van der Waals surface area contributed by atoms with Crippen LogP contribution in [0.1, 0.15) is 33.1 Å². The number of carbonyl (C=O) groups excluding carboxylic acids is 1. The van der Waals surface area contributed by atoms with Gasteiger partial charge in [0.15, 0.2) is 0 Å². The number of rotatable bonds is 8. The van der Waals surface area contributed by atoms with Gasteiger partial charge in [-0.2, -0.15) is 13.2 Å². The molecular weight excluding hydrogens is 249 g/mol. The molecule has 0 aliphatic carbocycles. The zero-order chi connectivity index (χ0) is 14.2. The maximum absolute atomic E-state index is 11.8. The summed E-state index contributed by atoms with van der Waals surface area (Å²) in [6.07, 6.45) is -3.10. The van der Waals surface area contributed by atoms with E-state index in [9.17, 15) is 18.0 Å². The number of nitrogens with two attached hydrogens (primary N) is 1. The summed E-state index contributed by atoms with van der Waals surface area (Å²) in [4.78, 5) is 11.5. The van der Waals surface area contributed by atoms with Crippen LogP contribution in [-0.2, 0) is 9.53 Å². The van der Waals surface area contributed by atoms with Crippen LogP contribution in [0.4, 0.5) is 13.2 Å². The van der Waals surface area contributed by atoms with E-state index in [0.29, 0.717) is 19.4 Å². The van der Waals surface area contributed by atoms with Crippen LogP contribution in [0.5, 0.6) is 0 Å². The quantitative estimate of drug-likeness (QED) is 0.658. The topological polar surface area (TPSA) is 64.3 Å². The molecule has 0 aromatic carbocycles. The van der Waals surface area contributed by atoms with Crippen LogP contribution in [0.25, 0.3) is 0 Å². The molecule has 0 bridgehead atoms. The molecule has 1 amide bonds. The molecule has 0 unspecified atom stereocenters. The van der Waals surface area contributed by atoms with Crippen molar-refractivity contribution in [3.63, 3.8) is 0 Å². The highest BCUT2D eigenvalue weighted by Crippen LogP contribution is 2.15. The standard InChI is InChI=1S/C11H21F3N2O2/c1-3-10(4-2,7-15)16-9(17)5-6-18-8-11(12,13)14/h3-8,15H2,1-2H3,(H,16,17). The van der Waals surface area contributed by atoms with E-state index in [1.165, 1.54) is 0 Å². The van der Waals surface area contributed by atoms with E-state index in [0.717, 1.165) is 0 Å². The molecule has 0 aromatic heterocycles. The summed E-state index contributed by atoms with van der Waals surface area (Å²) in [6.45, 7) is 2.52. The number of carbonyl (C=O) groups is 1. The van der Waals surface area contributed by atoms with Gasteiger partial charge >= 0.3 is 6.18 Å². The third-order valence-corrected chi connectivity index (χ3v) is 2.89. The molecule has 0 aromatic rings. The largest absolute Gasteiger partial charge is 0.411 e. The van der Waals surface area contributed by atoms with Gasteiger partial charge in [-0.1, -0.05) is 13.8 Å². The van der Waals surface area contributed by atoms with Gasteiger partial charge in [-0.3, -0.25) is 4.79 Å². The molecule has 4 nitrogen and oxygen atoms in total. The summed E-state index contributed by atoms with van der Waals surface area (Å²) in [5.41, 5.74) is 5.12. The molecular formula is C11H21F3N2O2. The second kappa shape index (κ2) is 7.58. The van der Waals surface area contributed by atoms with Gasteiger partial charge in [0.2, 0.25) is 5.91 Å². The van der Waals surface area contributed by atoms with E-state index in [2.05, 4.69) is 10.1 Å². The van der Waals surface area contributed by atoms with Gasteiger partial charge in [0.1, 0.15) is 6.61 Å². The predicted octanol–water partition coefficient (Wildman–Crippen LogP) is 1.59. The lowest BCUT2D eigenvalue weighted by Crippen LogP contribution is -2.53. The van der Waals surface area contributed by atoms with Crippen LogP contribution in [0.15, 0.2) is 0 Å². The fourth-order valence-electron chi connectivity index (χ4n) is 1.48. The average Bonchev–Trinajstić information content (AvgIpc) is 2.31. The Morgan fingerprint density at radius 1 is 1.28 bits per heavy atom. The Labute approximate surface area is 105 Å². The van der Waals surface area contributed by atoms with Crippen LogP contribution < -0.4 is 11.1 Å². The lowest BCUT2D eigenvalue weighted by Gasteiger charge is -2.31. The molecule has 3 N–H and O–H groups in total. The van der Waals surface area contributed by atoms with Crippen molar-refractivity contribution in [2.45, 2.75) is 44.8 Å². The van der Waals surface area contributed by atoms with Gasteiger partial charge in [0.25, 0.3) is 0 Å². The number of amides is 1. The van der Waals surface area contributed by atoms with Gasteiger partial charge in [0.05, 0.1) is 12.1 Å². The fraction of sp³-hybridized carbons (Fsp3) is 0.909. The van der Waals surface area contributed by atoms with Crippen molar-refractivity contribution in [2.24, 2.45) is 5.73 Å². The van der Waals surface area contributed by atoms with E-state index in [4.69, 9.17) is 5.73 Å². The van der Waals surface area contributed by atoms with Crippen LogP contribution >= 0.6 is 0 Å². The number of alkyl halides is 3. The predicted molar refractivity (Wildman–Crippen MR) is 62.0 cm³/mol. The van der Waals surface area contributed by atoms with Gasteiger partial charge in [-0.15, -0.1) is 0 Å². The lowest BCUT2D eigenvalue weighted by molar-refractivity contribution is -0.174. The van der Waals surface area contributed by atoms with Crippen molar-refractivity contribution in [2.75, 3.05) is 19.8 Å². The van der Waals surface area contributed by atoms with Gasteiger partial charge in [-0.25, -0.2) is 0 Å². The normalized spacial score (nSPS) is 12.6. The van der Waals surface area contributed by atoms with Crippen LogP contribution in [0.2, 0.25) is 0 Å². The molecule has 0 fully saturated rings. The first-order chi connectivity index (χ1) is 8.28. The van der Waals surface area contributed by atoms with Crippen molar-refractivity contribution in [1.29, 1.82) is 0 Å². The van der Waals surface area contributed by atoms with E-state index in [1.54, 1.807) is 0 Å².